The van der Waals surface area contributed by atoms with E-state index in [0.717, 1.165) is 24.2 Å². The summed E-state index contributed by atoms with van der Waals surface area (Å²) in [5.74, 6) is -2.45. The van der Waals surface area contributed by atoms with Crippen LogP contribution in [0.5, 0.6) is 0 Å². The molecule has 3 aliphatic rings. The second kappa shape index (κ2) is 6.43. The van der Waals surface area contributed by atoms with Crippen molar-refractivity contribution in [2.75, 3.05) is 0 Å². The Morgan fingerprint density at radius 3 is 2.18 bits per heavy atom. The molecule has 1 aromatic carbocycles. The molecule has 2 fully saturated rings. The van der Waals surface area contributed by atoms with E-state index in [2.05, 4.69) is 10.7 Å². The first-order valence-electron chi connectivity index (χ1n) is 9.30. The number of amides is 6. The number of hydrogen-bond donors (Lipinski definition) is 2. The highest BCUT2D eigenvalue weighted by Gasteiger charge is 2.52. The molecule has 9 heteroatoms. The van der Waals surface area contributed by atoms with Gasteiger partial charge in [0.05, 0.1) is 11.1 Å². The molecule has 6 amide bonds. The van der Waals surface area contributed by atoms with Crippen molar-refractivity contribution in [3.05, 3.63) is 35.4 Å². The molecule has 2 aliphatic heterocycles. The molecular weight excluding hydrogens is 364 g/mol. The van der Waals surface area contributed by atoms with Crippen molar-refractivity contribution in [3.8, 4) is 0 Å². The molecule has 0 bridgehead atoms. The quantitative estimate of drug-likeness (QED) is 0.595. The molecule has 1 saturated carbocycles. The zero-order valence-corrected chi connectivity index (χ0v) is 15.4. The van der Waals surface area contributed by atoms with Gasteiger partial charge in [0.15, 0.2) is 0 Å². The molecule has 0 aromatic heterocycles. The normalized spacial score (nSPS) is 21.8. The van der Waals surface area contributed by atoms with Gasteiger partial charge < -0.3 is 5.32 Å². The molecule has 1 aromatic rings. The highest BCUT2D eigenvalue weighted by atomic mass is 16.2. The fourth-order valence-corrected chi connectivity index (χ4v) is 4.10. The maximum Gasteiger partial charge on any atom is 0.344 e. The average molecular weight is 384 g/mol. The number of nitrogens with one attached hydrogen (secondary N) is 2. The van der Waals surface area contributed by atoms with E-state index in [0.29, 0.717) is 17.9 Å². The Morgan fingerprint density at radius 2 is 1.61 bits per heavy atom. The van der Waals surface area contributed by atoms with Crippen molar-refractivity contribution in [1.29, 1.82) is 0 Å². The summed E-state index contributed by atoms with van der Waals surface area (Å²) < 4.78 is 0. The number of fused-ring (bicyclic) bond motifs is 1. The standard InChI is InChI=1S/C19H20N4O5/c1-11(22-15(25)12-7-3-4-8-13(12)16(22)26)14(24)21-23-17(27)19(20-18(23)28)9-5-2-6-10-19/h3-4,7-8,11H,2,5-6,9-10H2,1H3,(H,20,28)(H,21,24)/t11-/m1/s1. The summed E-state index contributed by atoms with van der Waals surface area (Å²) in [6, 6.07) is 4.42. The number of imide groups is 2. The van der Waals surface area contributed by atoms with Gasteiger partial charge in [-0.25, -0.2) is 4.79 Å². The predicted molar refractivity (Wildman–Crippen MR) is 95.7 cm³/mol. The number of urea groups is 1. The van der Waals surface area contributed by atoms with E-state index in [-0.39, 0.29) is 11.1 Å². The van der Waals surface area contributed by atoms with Crippen molar-refractivity contribution < 1.29 is 24.0 Å². The molecule has 28 heavy (non-hydrogen) atoms. The lowest BCUT2D eigenvalue weighted by molar-refractivity contribution is -0.141. The number of hydrogen-bond acceptors (Lipinski definition) is 5. The van der Waals surface area contributed by atoms with Crippen LogP contribution >= 0.6 is 0 Å². The van der Waals surface area contributed by atoms with Crippen LogP contribution in [0.3, 0.4) is 0 Å². The number of hydrazine groups is 1. The number of carbonyl (C=O) groups excluding carboxylic acids is 5. The maximum atomic E-state index is 12.8. The maximum absolute atomic E-state index is 12.8. The molecule has 1 spiro atoms. The summed E-state index contributed by atoms with van der Waals surface area (Å²) in [4.78, 5) is 63.6. The number of benzene rings is 1. The van der Waals surface area contributed by atoms with E-state index >= 15 is 0 Å². The van der Waals surface area contributed by atoms with Gasteiger partial charge in [-0.1, -0.05) is 31.4 Å². The van der Waals surface area contributed by atoms with Crippen LogP contribution in [0, 0.1) is 0 Å². The SMILES string of the molecule is C[C@H](C(=O)NN1C(=O)NC2(CCCCC2)C1=O)N1C(=O)c2ccccc2C1=O. The molecule has 4 rings (SSSR count). The molecule has 146 valence electrons. The van der Waals surface area contributed by atoms with E-state index in [4.69, 9.17) is 0 Å². The van der Waals surface area contributed by atoms with Gasteiger partial charge in [-0.15, -0.1) is 0 Å². The van der Waals surface area contributed by atoms with E-state index < -0.39 is 41.2 Å². The van der Waals surface area contributed by atoms with Gasteiger partial charge in [-0.3, -0.25) is 29.5 Å². The van der Waals surface area contributed by atoms with Crippen LogP contribution in [0.1, 0.15) is 59.7 Å². The Morgan fingerprint density at radius 1 is 1.04 bits per heavy atom. The van der Waals surface area contributed by atoms with Crippen LogP contribution in [-0.4, -0.2) is 51.1 Å². The highest BCUT2D eigenvalue weighted by Crippen LogP contribution is 2.33. The van der Waals surface area contributed by atoms with Crippen molar-refractivity contribution in [2.45, 2.75) is 50.6 Å². The third kappa shape index (κ3) is 2.57. The van der Waals surface area contributed by atoms with E-state index in [1.807, 2.05) is 0 Å². The minimum Gasteiger partial charge on any atom is -0.322 e. The second-order valence-electron chi connectivity index (χ2n) is 7.39. The van der Waals surface area contributed by atoms with E-state index in [1.165, 1.54) is 19.1 Å². The van der Waals surface area contributed by atoms with Crippen molar-refractivity contribution in [1.82, 2.24) is 20.7 Å². The Labute approximate surface area is 161 Å². The first-order valence-corrected chi connectivity index (χ1v) is 9.30. The monoisotopic (exact) mass is 384 g/mol. The fraction of sp³-hybridized carbons (Fsp3) is 0.421. The number of carbonyl (C=O) groups is 5. The molecule has 1 aliphatic carbocycles. The molecular formula is C19H20N4O5. The van der Waals surface area contributed by atoms with Crippen molar-refractivity contribution in [2.24, 2.45) is 0 Å². The third-order valence-electron chi connectivity index (χ3n) is 5.68. The predicted octanol–water partition coefficient (Wildman–Crippen LogP) is 0.957. The molecule has 2 N–H and O–H groups in total. The summed E-state index contributed by atoms with van der Waals surface area (Å²) in [6.07, 6.45) is 3.68. The Kier molecular flexibility index (Phi) is 4.17. The molecule has 9 nitrogen and oxygen atoms in total. The van der Waals surface area contributed by atoms with E-state index in [9.17, 15) is 24.0 Å². The Hall–Kier alpha value is -3.23. The second-order valence-corrected chi connectivity index (χ2v) is 7.39. The summed E-state index contributed by atoms with van der Waals surface area (Å²) in [5, 5.41) is 3.36. The van der Waals surface area contributed by atoms with Gasteiger partial charge in [-0.05, 0) is 31.9 Å². The van der Waals surface area contributed by atoms with Gasteiger partial charge in [0.25, 0.3) is 23.6 Å². The summed E-state index contributed by atoms with van der Waals surface area (Å²) in [5.41, 5.74) is 1.76. The lowest BCUT2D eigenvalue weighted by Crippen LogP contribution is -2.55. The van der Waals surface area contributed by atoms with Crippen LogP contribution in [0.2, 0.25) is 0 Å². The lowest BCUT2D eigenvalue weighted by Gasteiger charge is -2.30. The zero-order valence-electron chi connectivity index (χ0n) is 15.4. The van der Waals surface area contributed by atoms with Gasteiger partial charge in [-0.2, -0.15) is 5.01 Å². The van der Waals surface area contributed by atoms with Gasteiger partial charge >= 0.3 is 6.03 Å². The average Bonchev–Trinajstić information content (AvgIpc) is 3.07. The van der Waals surface area contributed by atoms with Crippen LogP contribution in [0.4, 0.5) is 4.79 Å². The highest BCUT2D eigenvalue weighted by molar-refractivity contribution is 6.23. The number of rotatable bonds is 3. The largest absolute Gasteiger partial charge is 0.344 e. The first kappa shape index (κ1) is 18.1. The lowest BCUT2D eigenvalue weighted by atomic mass is 9.82. The van der Waals surface area contributed by atoms with Crippen LogP contribution in [0.15, 0.2) is 24.3 Å². The van der Waals surface area contributed by atoms with Gasteiger partial charge in [0.2, 0.25) is 0 Å². The van der Waals surface area contributed by atoms with Crippen LogP contribution in [0.25, 0.3) is 0 Å². The fourth-order valence-electron chi connectivity index (χ4n) is 4.10. The van der Waals surface area contributed by atoms with Crippen LogP contribution in [-0.2, 0) is 9.59 Å². The summed E-state index contributed by atoms with van der Waals surface area (Å²) >= 11 is 0. The van der Waals surface area contributed by atoms with Gasteiger partial charge in [0, 0.05) is 0 Å². The number of nitrogens with zero attached hydrogens (tertiary/aromatic N) is 2. The van der Waals surface area contributed by atoms with Crippen molar-refractivity contribution in [3.63, 3.8) is 0 Å². The summed E-state index contributed by atoms with van der Waals surface area (Å²) in [7, 11) is 0. The molecule has 1 saturated heterocycles. The first-order chi connectivity index (χ1) is 13.4. The topological polar surface area (TPSA) is 116 Å². The Balaban J connectivity index is 1.50. The minimum atomic E-state index is -1.18. The zero-order chi connectivity index (χ0) is 20.1. The Bertz CT molecular complexity index is 870. The molecule has 0 unspecified atom stereocenters. The van der Waals surface area contributed by atoms with E-state index in [1.54, 1.807) is 12.1 Å². The molecule has 0 radical (unpaired) electrons. The molecule has 2 heterocycles. The summed E-state index contributed by atoms with van der Waals surface area (Å²) in [6.45, 7) is 1.38. The smallest absolute Gasteiger partial charge is 0.322 e. The van der Waals surface area contributed by atoms with Crippen molar-refractivity contribution >= 4 is 29.7 Å². The molecule has 1 atom stereocenters. The minimum absolute atomic E-state index is 0.225. The van der Waals surface area contributed by atoms with Crippen LogP contribution < -0.4 is 10.7 Å². The van der Waals surface area contributed by atoms with Gasteiger partial charge in [0.1, 0.15) is 11.6 Å². The third-order valence-corrected chi connectivity index (χ3v) is 5.68.